The summed E-state index contributed by atoms with van der Waals surface area (Å²) in [4.78, 5) is 22.9. The van der Waals surface area contributed by atoms with Gasteiger partial charge in [-0.1, -0.05) is 39.1 Å². The summed E-state index contributed by atoms with van der Waals surface area (Å²) in [6, 6.07) is 8.85. The van der Waals surface area contributed by atoms with Crippen molar-refractivity contribution in [1.82, 2.24) is 0 Å². The van der Waals surface area contributed by atoms with Gasteiger partial charge in [0.2, 0.25) is 0 Å². The molecule has 21 heavy (non-hydrogen) atoms. The van der Waals surface area contributed by atoms with Gasteiger partial charge >= 0.3 is 5.97 Å². The molecule has 2 rings (SSSR count). The highest BCUT2D eigenvalue weighted by molar-refractivity contribution is 9.10. The largest absolute Gasteiger partial charge is 0.478 e. The molecule has 2 N–H and O–H groups in total. The van der Waals surface area contributed by atoms with Crippen molar-refractivity contribution in [2.24, 2.45) is 0 Å². The third kappa shape index (κ3) is 3.97. The number of halogens is 3. The fourth-order valence-corrected chi connectivity index (χ4v) is 2.72. The molecular weight excluding hydrogens is 381 g/mol. The first kappa shape index (κ1) is 15.8. The molecule has 7 heteroatoms. The van der Waals surface area contributed by atoms with E-state index in [1.807, 2.05) is 0 Å². The van der Waals surface area contributed by atoms with Crippen molar-refractivity contribution in [3.05, 3.63) is 62.0 Å². The third-order valence-corrected chi connectivity index (χ3v) is 3.58. The lowest BCUT2D eigenvalue weighted by atomic mass is 10.2. The molecule has 2 aromatic carbocycles. The van der Waals surface area contributed by atoms with E-state index in [1.54, 1.807) is 12.1 Å². The molecule has 0 unspecified atom stereocenters. The number of nitrogens with one attached hydrogen (secondary N) is 1. The molecule has 0 aromatic heterocycles. The minimum absolute atomic E-state index is 0.0449. The van der Waals surface area contributed by atoms with Crippen LogP contribution < -0.4 is 5.32 Å². The highest BCUT2D eigenvalue weighted by Gasteiger charge is 2.12. The van der Waals surface area contributed by atoms with E-state index in [9.17, 15) is 9.59 Å². The van der Waals surface area contributed by atoms with E-state index >= 15 is 0 Å². The fraction of sp³-hybridized carbons (Fsp3) is 0. The average Bonchev–Trinajstić information content (AvgIpc) is 2.39. The van der Waals surface area contributed by atoms with Crippen LogP contribution in [-0.2, 0) is 0 Å². The van der Waals surface area contributed by atoms with Gasteiger partial charge in [0.05, 0.1) is 16.3 Å². The first-order valence-corrected chi connectivity index (χ1v) is 7.22. The van der Waals surface area contributed by atoms with Crippen molar-refractivity contribution in [2.75, 3.05) is 5.32 Å². The second kappa shape index (κ2) is 6.47. The molecule has 0 aliphatic heterocycles. The number of aromatic carboxylic acids is 1. The van der Waals surface area contributed by atoms with Gasteiger partial charge in [0.25, 0.3) is 5.91 Å². The summed E-state index contributed by atoms with van der Waals surface area (Å²) in [6.45, 7) is 0. The lowest BCUT2D eigenvalue weighted by molar-refractivity contribution is 0.0696. The summed E-state index contributed by atoms with van der Waals surface area (Å²) in [6.07, 6.45) is 0. The topological polar surface area (TPSA) is 66.4 Å². The van der Waals surface area contributed by atoms with Crippen molar-refractivity contribution in [1.29, 1.82) is 0 Å². The van der Waals surface area contributed by atoms with Crippen LogP contribution >= 0.6 is 39.1 Å². The average molecular weight is 389 g/mol. The van der Waals surface area contributed by atoms with E-state index in [1.165, 1.54) is 24.3 Å². The quantitative estimate of drug-likeness (QED) is 0.800. The fourth-order valence-electron chi connectivity index (χ4n) is 1.63. The smallest absolute Gasteiger partial charge is 0.335 e. The highest BCUT2D eigenvalue weighted by atomic mass is 79.9. The summed E-state index contributed by atoms with van der Waals surface area (Å²) in [5, 5.41) is 12.0. The molecule has 0 saturated carbocycles. The number of rotatable bonds is 3. The van der Waals surface area contributed by atoms with Gasteiger partial charge in [-0.25, -0.2) is 4.79 Å². The summed E-state index contributed by atoms with van der Waals surface area (Å²) < 4.78 is 0.674. The van der Waals surface area contributed by atoms with Crippen molar-refractivity contribution >= 4 is 56.7 Å². The number of benzene rings is 2. The molecule has 0 aliphatic rings. The summed E-state index contributed by atoms with van der Waals surface area (Å²) >= 11 is 15.1. The van der Waals surface area contributed by atoms with Gasteiger partial charge in [-0.05, 0) is 36.4 Å². The number of carboxylic acid groups (broad SMARTS) is 1. The first-order chi connectivity index (χ1) is 9.86. The summed E-state index contributed by atoms with van der Waals surface area (Å²) in [5.74, 6) is -1.49. The molecule has 1 amide bonds. The Morgan fingerprint density at radius 1 is 1.05 bits per heavy atom. The molecule has 0 spiro atoms. The van der Waals surface area contributed by atoms with Gasteiger partial charge in [-0.3, -0.25) is 4.79 Å². The van der Waals surface area contributed by atoms with Crippen LogP contribution in [0.2, 0.25) is 10.0 Å². The zero-order valence-electron chi connectivity index (χ0n) is 10.4. The number of amides is 1. The zero-order chi connectivity index (χ0) is 15.6. The van der Waals surface area contributed by atoms with Gasteiger partial charge in [0, 0.05) is 15.1 Å². The minimum Gasteiger partial charge on any atom is -0.478 e. The number of carbonyl (C=O) groups excluding carboxylic acids is 1. The second-order valence-corrected chi connectivity index (χ2v) is 5.87. The van der Waals surface area contributed by atoms with Gasteiger partial charge in [0.1, 0.15) is 0 Å². The molecule has 0 fully saturated rings. The number of hydrogen-bond acceptors (Lipinski definition) is 2. The number of carbonyl (C=O) groups is 2. The standard InChI is InChI=1S/C14H8BrCl2NO3/c15-9-3-8(4-10(16)6-9)13(19)18-12-2-1-7(14(20)21)5-11(12)17/h1-6H,(H,18,19)(H,20,21). The maximum Gasteiger partial charge on any atom is 0.335 e. The maximum atomic E-state index is 12.1. The van der Waals surface area contributed by atoms with Crippen LogP contribution in [0.4, 0.5) is 5.69 Å². The molecule has 108 valence electrons. The van der Waals surface area contributed by atoms with Crippen LogP contribution in [0, 0.1) is 0 Å². The molecule has 0 bridgehead atoms. The van der Waals surface area contributed by atoms with Crippen molar-refractivity contribution in [3.63, 3.8) is 0 Å². The van der Waals surface area contributed by atoms with Crippen LogP contribution in [0.5, 0.6) is 0 Å². The van der Waals surface area contributed by atoms with Crippen molar-refractivity contribution in [2.45, 2.75) is 0 Å². The zero-order valence-corrected chi connectivity index (χ0v) is 13.5. The Balaban J connectivity index is 2.25. The Bertz CT molecular complexity index is 714. The van der Waals surface area contributed by atoms with Crippen LogP contribution in [0.25, 0.3) is 0 Å². The number of anilines is 1. The van der Waals surface area contributed by atoms with Crippen LogP contribution in [0.3, 0.4) is 0 Å². The normalized spacial score (nSPS) is 10.2. The molecule has 0 saturated heterocycles. The number of hydrogen-bond donors (Lipinski definition) is 2. The lowest BCUT2D eigenvalue weighted by Gasteiger charge is -2.08. The molecule has 2 aromatic rings. The predicted molar refractivity (Wildman–Crippen MR) is 85.5 cm³/mol. The maximum absolute atomic E-state index is 12.1. The molecule has 4 nitrogen and oxygen atoms in total. The molecule has 0 heterocycles. The minimum atomic E-state index is -1.09. The molecular formula is C14H8BrCl2NO3. The van der Waals surface area contributed by atoms with Gasteiger partial charge in [-0.15, -0.1) is 0 Å². The monoisotopic (exact) mass is 387 g/mol. The van der Waals surface area contributed by atoms with Crippen LogP contribution in [0.1, 0.15) is 20.7 Å². The van der Waals surface area contributed by atoms with E-state index in [0.717, 1.165) is 0 Å². The Labute approximate surface area is 138 Å². The van der Waals surface area contributed by atoms with Crippen molar-refractivity contribution in [3.8, 4) is 0 Å². The van der Waals surface area contributed by atoms with Crippen LogP contribution in [-0.4, -0.2) is 17.0 Å². The second-order valence-electron chi connectivity index (χ2n) is 4.11. The predicted octanol–water partition coefficient (Wildman–Crippen LogP) is 4.71. The Morgan fingerprint density at radius 2 is 1.76 bits per heavy atom. The van der Waals surface area contributed by atoms with E-state index in [0.29, 0.717) is 20.7 Å². The van der Waals surface area contributed by atoms with Crippen molar-refractivity contribution < 1.29 is 14.7 Å². The molecule has 0 aliphatic carbocycles. The van der Waals surface area contributed by atoms with Gasteiger partial charge < -0.3 is 10.4 Å². The lowest BCUT2D eigenvalue weighted by Crippen LogP contribution is -2.12. The van der Waals surface area contributed by atoms with E-state index in [-0.39, 0.29) is 10.6 Å². The number of carboxylic acids is 1. The van der Waals surface area contributed by atoms with Crippen LogP contribution in [0.15, 0.2) is 40.9 Å². The molecule has 0 radical (unpaired) electrons. The van der Waals surface area contributed by atoms with E-state index < -0.39 is 11.9 Å². The van der Waals surface area contributed by atoms with Gasteiger partial charge in [-0.2, -0.15) is 0 Å². The third-order valence-electron chi connectivity index (χ3n) is 2.59. The molecule has 0 atom stereocenters. The van der Waals surface area contributed by atoms with Gasteiger partial charge in [0.15, 0.2) is 0 Å². The SMILES string of the molecule is O=C(O)c1ccc(NC(=O)c2cc(Cl)cc(Br)c2)c(Cl)c1. The summed E-state index contributed by atoms with van der Waals surface area (Å²) in [7, 11) is 0. The first-order valence-electron chi connectivity index (χ1n) is 5.67. The van der Waals surface area contributed by atoms with E-state index in [4.69, 9.17) is 28.3 Å². The van der Waals surface area contributed by atoms with E-state index in [2.05, 4.69) is 21.2 Å². The Hall–Kier alpha value is -1.56. The highest BCUT2D eigenvalue weighted by Crippen LogP contribution is 2.25. The Morgan fingerprint density at radius 3 is 2.33 bits per heavy atom. The Kier molecular flexibility index (Phi) is 4.88. The summed E-state index contributed by atoms with van der Waals surface area (Å²) in [5.41, 5.74) is 0.721.